The monoisotopic (exact) mass is 560 g/mol. The Labute approximate surface area is 240 Å². The fourth-order valence-corrected chi connectivity index (χ4v) is 5.03. The van der Waals surface area contributed by atoms with Crippen molar-refractivity contribution in [1.82, 2.24) is 9.88 Å². The normalized spacial score (nSPS) is 13.2. The highest BCUT2D eigenvalue weighted by Crippen LogP contribution is 2.32. The van der Waals surface area contributed by atoms with Crippen molar-refractivity contribution >= 4 is 34.4 Å². The Bertz CT molecular complexity index is 1560. The molecule has 2 atom stereocenters. The van der Waals surface area contributed by atoms with Crippen molar-refractivity contribution in [3.8, 4) is 5.75 Å². The van der Waals surface area contributed by atoms with Gasteiger partial charge in [0.05, 0.1) is 6.04 Å². The summed E-state index contributed by atoms with van der Waals surface area (Å²) >= 11 is 6.52. The first-order valence-electron chi connectivity index (χ1n) is 13.4. The lowest BCUT2D eigenvalue weighted by Gasteiger charge is -2.20. The molecule has 40 heavy (non-hydrogen) atoms. The number of aliphatic carboxylic acids is 1. The zero-order valence-corrected chi connectivity index (χ0v) is 24.9. The van der Waals surface area contributed by atoms with Gasteiger partial charge in [0.15, 0.2) is 6.10 Å². The minimum atomic E-state index is -1.03. The van der Waals surface area contributed by atoms with Gasteiger partial charge in [-0.25, -0.2) is 4.79 Å². The molecule has 1 heterocycles. The number of nitrogens with one attached hydrogen (secondary N) is 1. The molecule has 4 rings (SSSR count). The molecule has 0 saturated carbocycles. The van der Waals surface area contributed by atoms with Crippen LogP contribution < -0.4 is 10.1 Å². The van der Waals surface area contributed by atoms with Crippen molar-refractivity contribution < 1.29 is 19.4 Å². The summed E-state index contributed by atoms with van der Waals surface area (Å²) in [6, 6.07) is 19.2. The van der Waals surface area contributed by atoms with Gasteiger partial charge in [0.25, 0.3) is 5.91 Å². The standard InChI is InChI=1S/C33H37ClN2O4/c1-19(22-8-11-25(12-9-22)33(4,5)6)35-31(37)23-10-14-27-28(20(2)36(7)30(27)18-23)17-24-16-26(13-15-29(24)34)40-21(3)32(38)39/h8-16,18-19,21H,17H2,1-7H3,(H,35,37)(H,38,39)/t19-,21-/m0/s1. The van der Waals surface area contributed by atoms with Gasteiger partial charge in [-0.2, -0.15) is 0 Å². The number of aromatic nitrogens is 1. The van der Waals surface area contributed by atoms with Gasteiger partial charge < -0.3 is 19.7 Å². The maximum atomic E-state index is 13.2. The molecule has 0 saturated heterocycles. The van der Waals surface area contributed by atoms with E-state index in [1.165, 1.54) is 12.5 Å². The fourth-order valence-electron chi connectivity index (χ4n) is 4.85. The van der Waals surface area contributed by atoms with Gasteiger partial charge in [-0.15, -0.1) is 0 Å². The molecule has 0 aliphatic rings. The number of hydrogen-bond acceptors (Lipinski definition) is 3. The Morgan fingerprint density at radius 1 is 1.02 bits per heavy atom. The van der Waals surface area contributed by atoms with E-state index in [-0.39, 0.29) is 17.4 Å². The van der Waals surface area contributed by atoms with Gasteiger partial charge in [-0.05, 0) is 78.8 Å². The second kappa shape index (κ2) is 11.4. The summed E-state index contributed by atoms with van der Waals surface area (Å²) in [4.78, 5) is 24.4. The van der Waals surface area contributed by atoms with E-state index in [0.29, 0.717) is 22.8 Å². The summed E-state index contributed by atoms with van der Waals surface area (Å²) in [6.45, 7) is 12.1. The third kappa shape index (κ3) is 6.18. The number of aryl methyl sites for hydroxylation is 1. The molecular weight excluding hydrogens is 524 g/mol. The fraction of sp³-hybridized carbons (Fsp3) is 0.333. The summed E-state index contributed by atoms with van der Waals surface area (Å²) < 4.78 is 7.63. The Balaban J connectivity index is 1.57. The first kappa shape index (κ1) is 29.2. The number of fused-ring (bicyclic) bond motifs is 1. The number of halogens is 1. The van der Waals surface area contributed by atoms with Crippen molar-refractivity contribution in [2.45, 2.75) is 65.5 Å². The SMILES string of the molecule is Cc1c(Cc2cc(O[C@@H](C)C(=O)O)ccc2Cl)c2ccc(C(=O)N[C@@H](C)c3ccc(C(C)(C)C)cc3)cc2n1C. The number of rotatable bonds is 8. The molecule has 1 amide bonds. The minimum Gasteiger partial charge on any atom is -0.479 e. The van der Waals surface area contributed by atoms with E-state index in [4.69, 9.17) is 16.3 Å². The predicted molar refractivity (Wildman–Crippen MR) is 161 cm³/mol. The Hall–Kier alpha value is -3.77. The van der Waals surface area contributed by atoms with Crippen LogP contribution in [0.1, 0.15) is 79.0 Å². The molecule has 6 nitrogen and oxygen atoms in total. The number of carbonyl (C=O) groups excluding carboxylic acids is 1. The van der Waals surface area contributed by atoms with Crippen LogP contribution in [0.15, 0.2) is 60.7 Å². The van der Waals surface area contributed by atoms with Crippen LogP contribution in [0.25, 0.3) is 10.9 Å². The zero-order valence-electron chi connectivity index (χ0n) is 24.1. The topological polar surface area (TPSA) is 80.6 Å². The lowest BCUT2D eigenvalue weighted by molar-refractivity contribution is -0.144. The first-order chi connectivity index (χ1) is 18.8. The molecule has 0 bridgehead atoms. The Morgan fingerprint density at radius 2 is 1.70 bits per heavy atom. The number of ether oxygens (including phenoxy) is 1. The quantitative estimate of drug-likeness (QED) is 0.236. The summed E-state index contributed by atoms with van der Waals surface area (Å²) in [7, 11) is 1.98. The number of benzene rings is 3. The van der Waals surface area contributed by atoms with Crippen molar-refractivity contribution in [1.29, 1.82) is 0 Å². The molecule has 0 aliphatic heterocycles. The maximum Gasteiger partial charge on any atom is 0.344 e. The highest BCUT2D eigenvalue weighted by Gasteiger charge is 2.19. The lowest BCUT2D eigenvalue weighted by atomic mass is 9.86. The molecule has 7 heteroatoms. The van der Waals surface area contributed by atoms with E-state index >= 15 is 0 Å². The number of hydrogen-bond donors (Lipinski definition) is 2. The summed E-state index contributed by atoms with van der Waals surface area (Å²) in [5.41, 5.74) is 6.90. The number of carboxylic acid groups (broad SMARTS) is 1. The molecule has 1 aromatic heterocycles. The molecule has 4 aromatic rings. The highest BCUT2D eigenvalue weighted by atomic mass is 35.5. The summed E-state index contributed by atoms with van der Waals surface area (Å²) in [5, 5.41) is 13.9. The molecule has 3 aromatic carbocycles. The molecule has 0 aliphatic carbocycles. The smallest absolute Gasteiger partial charge is 0.344 e. The molecule has 210 valence electrons. The summed E-state index contributed by atoms with van der Waals surface area (Å²) in [5.74, 6) is -0.711. The van der Waals surface area contributed by atoms with E-state index in [1.807, 2.05) is 39.1 Å². The summed E-state index contributed by atoms with van der Waals surface area (Å²) in [6.07, 6.45) is -0.434. The van der Waals surface area contributed by atoms with Gasteiger partial charge >= 0.3 is 5.97 Å². The van der Waals surface area contributed by atoms with E-state index in [0.717, 1.165) is 33.3 Å². The van der Waals surface area contributed by atoms with Crippen LogP contribution in [0.4, 0.5) is 0 Å². The molecule has 0 unspecified atom stereocenters. The van der Waals surface area contributed by atoms with Crippen molar-refractivity contribution in [2.75, 3.05) is 0 Å². The molecule has 2 N–H and O–H groups in total. The third-order valence-corrected chi connectivity index (χ3v) is 7.92. The van der Waals surface area contributed by atoms with E-state index in [1.54, 1.807) is 18.2 Å². The average Bonchev–Trinajstić information content (AvgIpc) is 3.14. The largest absolute Gasteiger partial charge is 0.479 e. The second-order valence-electron chi connectivity index (χ2n) is 11.5. The Kier molecular flexibility index (Phi) is 8.31. The van der Waals surface area contributed by atoms with Gasteiger partial charge in [0, 0.05) is 40.7 Å². The van der Waals surface area contributed by atoms with Gasteiger partial charge in [0.1, 0.15) is 5.75 Å². The number of nitrogens with zero attached hydrogens (tertiary/aromatic N) is 1. The number of carbonyl (C=O) groups is 2. The van der Waals surface area contributed by atoms with Crippen LogP contribution in [0.3, 0.4) is 0 Å². The van der Waals surface area contributed by atoms with Gasteiger partial charge in [-0.1, -0.05) is 62.7 Å². The first-order valence-corrected chi connectivity index (χ1v) is 13.8. The highest BCUT2D eigenvalue weighted by molar-refractivity contribution is 6.31. The molecule has 0 fully saturated rings. The van der Waals surface area contributed by atoms with Gasteiger partial charge in [-0.3, -0.25) is 4.79 Å². The average molecular weight is 561 g/mol. The molecule has 0 spiro atoms. The second-order valence-corrected chi connectivity index (χ2v) is 11.9. The van der Waals surface area contributed by atoms with E-state index in [9.17, 15) is 14.7 Å². The van der Waals surface area contributed by atoms with Crippen molar-refractivity contribution in [3.63, 3.8) is 0 Å². The van der Waals surface area contributed by atoms with E-state index in [2.05, 4.69) is 54.9 Å². The predicted octanol–water partition coefficient (Wildman–Crippen LogP) is 7.37. The van der Waals surface area contributed by atoms with Crippen LogP contribution in [0, 0.1) is 6.92 Å². The third-order valence-electron chi connectivity index (χ3n) is 7.56. The molecular formula is C33H37ClN2O4. The van der Waals surface area contributed by atoms with Crippen LogP contribution in [-0.2, 0) is 23.7 Å². The maximum absolute atomic E-state index is 13.2. The number of carboxylic acids is 1. The van der Waals surface area contributed by atoms with Crippen LogP contribution >= 0.6 is 11.6 Å². The van der Waals surface area contributed by atoms with E-state index < -0.39 is 12.1 Å². The van der Waals surface area contributed by atoms with Crippen LogP contribution in [0.5, 0.6) is 5.75 Å². The van der Waals surface area contributed by atoms with Crippen LogP contribution in [-0.4, -0.2) is 27.7 Å². The minimum absolute atomic E-state index is 0.0767. The lowest BCUT2D eigenvalue weighted by Crippen LogP contribution is -2.26. The van der Waals surface area contributed by atoms with Gasteiger partial charge in [0.2, 0.25) is 0 Å². The Morgan fingerprint density at radius 3 is 2.33 bits per heavy atom. The molecule has 0 radical (unpaired) electrons. The van der Waals surface area contributed by atoms with Crippen molar-refractivity contribution in [3.05, 3.63) is 99.2 Å². The number of amides is 1. The zero-order chi connectivity index (χ0) is 29.4. The van der Waals surface area contributed by atoms with Crippen molar-refractivity contribution in [2.24, 2.45) is 7.05 Å². The van der Waals surface area contributed by atoms with Crippen LogP contribution in [0.2, 0.25) is 5.02 Å².